The highest BCUT2D eigenvalue weighted by molar-refractivity contribution is 6.07. The van der Waals surface area contributed by atoms with Gasteiger partial charge >= 0.3 is 0 Å². The van der Waals surface area contributed by atoms with E-state index in [-0.39, 0.29) is 23.8 Å². The van der Waals surface area contributed by atoms with E-state index in [4.69, 9.17) is 0 Å². The summed E-state index contributed by atoms with van der Waals surface area (Å²) < 4.78 is 0. The summed E-state index contributed by atoms with van der Waals surface area (Å²) in [4.78, 5) is 35.7. The Balaban J connectivity index is 1.67. The van der Waals surface area contributed by atoms with Crippen molar-refractivity contribution in [3.63, 3.8) is 0 Å². The number of ketones is 3. The lowest BCUT2D eigenvalue weighted by Crippen LogP contribution is -2.08. The van der Waals surface area contributed by atoms with E-state index in [1.807, 2.05) is 24.3 Å². The van der Waals surface area contributed by atoms with Crippen molar-refractivity contribution in [3.8, 4) is 0 Å². The molecule has 0 spiro atoms. The molecule has 0 bridgehead atoms. The molecule has 0 atom stereocenters. The number of hydrogen-bond donors (Lipinski definition) is 0. The lowest BCUT2D eigenvalue weighted by Gasteiger charge is -2.02. The third-order valence-corrected chi connectivity index (χ3v) is 3.66. The molecule has 3 nitrogen and oxygen atoms in total. The van der Waals surface area contributed by atoms with Gasteiger partial charge in [-0.1, -0.05) is 60.7 Å². The summed E-state index contributed by atoms with van der Waals surface area (Å²) in [7, 11) is 0. The molecule has 0 aliphatic rings. The summed E-state index contributed by atoms with van der Waals surface area (Å²) in [5, 5.41) is 0. The molecule has 2 rings (SSSR count). The summed E-state index contributed by atoms with van der Waals surface area (Å²) in [5.74, 6) is -0.111. The number of Topliss-reactive ketones (excluding diaryl/α,β-unsaturated/α-hetero) is 3. The predicted octanol–water partition coefficient (Wildman–Crippen LogP) is 4.27. The minimum atomic E-state index is -0.143. The molecular formula is C20H20O3. The first-order valence-corrected chi connectivity index (χ1v) is 7.85. The molecule has 118 valence electrons. The number of carbonyl (C=O) groups excluding carboxylic acids is 3. The van der Waals surface area contributed by atoms with E-state index in [2.05, 4.69) is 0 Å². The molecule has 0 unspecified atom stereocenters. The highest BCUT2D eigenvalue weighted by Gasteiger charge is 2.11. The van der Waals surface area contributed by atoms with Crippen molar-refractivity contribution in [1.29, 1.82) is 0 Å². The molecule has 23 heavy (non-hydrogen) atoms. The van der Waals surface area contributed by atoms with E-state index in [1.165, 1.54) is 0 Å². The molecule has 0 N–H and O–H groups in total. The van der Waals surface area contributed by atoms with E-state index < -0.39 is 0 Å². The third kappa shape index (κ3) is 5.62. The zero-order valence-corrected chi connectivity index (χ0v) is 13.0. The Bertz CT molecular complexity index is 660. The molecule has 0 aromatic heterocycles. The van der Waals surface area contributed by atoms with E-state index in [0.717, 1.165) is 0 Å². The lowest BCUT2D eigenvalue weighted by atomic mass is 10.0. The zero-order chi connectivity index (χ0) is 16.5. The van der Waals surface area contributed by atoms with Crippen molar-refractivity contribution in [2.45, 2.75) is 32.1 Å². The molecule has 0 aliphatic heterocycles. The van der Waals surface area contributed by atoms with Crippen LogP contribution < -0.4 is 0 Å². The van der Waals surface area contributed by atoms with Crippen LogP contribution >= 0.6 is 0 Å². The normalized spacial score (nSPS) is 10.3. The number of unbranched alkanes of at least 4 members (excludes halogenated alkanes) is 1. The Morgan fingerprint density at radius 1 is 0.609 bits per heavy atom. The average molecular weight is 308 g/mol. The SMILES string of the molecule is O=C(CCCCC(=O)c1ccccc1)CC(=O)c1ccccc1. The molecule has 0 saturated carbocycles. The van der Waals surface area contributed by atoms with Crippen LogP contribution in [0.15, 0.2) is 60.7 Å². The first-order chi connectivity index (χ1) is 11.2. The Morgan fingerprint density at radius 3 is 1.65 bits per heavy atom. The van der Waals surface area contributed by atoms with Gasteiger partial charge in [0, 0.05) is 24.0 Å². The lowest BCUT2D eigenvalue weighted by molar-refractivity contribution is -0.118. The third-order valence-electron chi connectivity index (χ3n) is 3.66. The van der Waals surface area contributed by atoms with Crippen LogP contribution in [-0.2, 0) is 4.79 Å². The maximum atomic E-state index is 11.9. The van der Waals surface area contributed by atoms with Gasteiger partial charge in [0.1, 0.15) is 5.78 Å². The Morgan fingerprint density at radius 2 is 1.09 bits per heavy atom. The number of rotatable bonds is 9. The Labute approximate surface area is 136 Å². The molecule has 0 aliphatic carbocycles. The second-order valence-corrected chi connectivity index (χ2v) is 5.50. The first-order valence-electron chi connectivity index (χ1n) is 7.85. The minimum absolute atomic E-state index is 0.0589. The predicted molar refractivity (Wildman–Crippen MR) is 89.6 cm³/mol. The van der Waals surface area contributed by atoms with Crippen LogP contribution in [0.5, 0.6) is 0 Å². The number of hydrogen-bond acceptors (Lipinski definition) is 3. The topological polar surface area (TPSA) is 51.2 Å². The standard InChI is InChI=1S/C20H20O3/c21-18(15-20(23)17-11-5-2-6-12-17)13-7-8-14-19(22)16-9-3-1-4-10-16/h1-6,9-12H,7-8,13-15H2. The van der Waals surface area contributed by atoms with Crippen LogP contribution in [0.1, 0.15) is 52.8 Å². The molecule has 0 saturated heterocycles. The van der Waals surface area contributed by atoms with Gasteiger partial charge in [0.2, 0.25) is 0 Å². The maximum absolute atomic E-state index is 11.9. The maximum Gasteiger partial charge on any atom is 0.170 e. The van der Waals surface area contributed by atoms with Gasteiger partial charge in [-0.25, -0.2) is 0 Å². The summed E-state index contributed by atoms with van der Waals surface area (Å²) in [5.41, 5.74) is 1.28. The number of benzene rings is 2. The van der Waals surface area contributed by atoms with Crippen molar-refractivity contribution in [2.75, 3.05) is 0 Å². The monoisotopic (exact) mass is 308 g/mol. The van der Waals surface area contributed by atoms with Crippen molar-refractivity contribution in [2.24, 2.45) is 0 Å². The van der Waals surface area contributed by atoms with Gasteiger partial charge in [-0.05, 0) is 12.8 Å². The van der Waals surface area contributed by atoms with Crippen LogP contribution in [0.3, 0.4) is 0 Å². The van der Waals surface area contributed by atoms with Crippen LogP contribution in [0.4, 0.5) is 0 Å². The van der Waals surface area contributed by atoms with Crippen molar-refractivity contribution in [1.82, 2.24) is 0 Å². The second-order valence-electron chi connectivity index (χ2n) is 5.50. The largest absolute Gasteiger partial charge is 0.299 e. The molecule has 3 heteroatoms. The Kier molecular flexibility index (Phi) is 6.42. The molecule has 0 fully saturated rings. The van der Waals surface area contributed by atoms with Gasteiger partial charge in [0.25, 0.3) is 0 Å². The Hall–Kier alpha value is -2.55. The van der Waals surface area contributed by atoms with Crippen LogP contribution in [0.2, 0.25) is 0 Å². The molecular weight excluding hydrogens is 288 g/mol. The smallest absolute Gasteiger partial charge is 0.170 e. The van der Waals surface area contributed by atoms with E-state index in [1.54, 1.807) is 36.4 Å². The molecule has 0 amide bonds. The highest BCUT2D eigenvalue weighted by atomic mass is 16.1. The highest BCUT2D eigenvalue weighted by Crippen LogP contribution is 2.10. The molecule has 0 heterocycles. The fraction of sp³-hybridized carbons (Fsp3) is 0.250. The fourth-order valence-corrected chi connectivity index (χ4v) is 2.37. The number of carbonyl (C=O) groups is 3. The molecule has 2 aromatic rings. The summed E-state index contributed by atoms with van der Waals surface area (Å²) in [6.07, 6.45) is 2.03. The summed E-state index contributed by atoms with van der Waals surface area (Å²) in [6.45, 7) is 0. The van der Waals surface area contributed by atoms with E-state index >= 15 is 0 Å². The average Bonchev–Trinajstić information content (AvgIpc) is 2.60. The second kappa shape index (κ2) is 8.79. The van der Waals surface area contributed by atoms with Gasteiger partial charge in [-0.15, -0.1) is 0 Å². The summed E-state index contributed by atoms with van der Waals surface area (Å²) >= 11 is 0. The van der Waals surface area contributed by atoms with Gasteiger partial charge in [-0.3, -0.25) is 14.4 Å². The van der Waals surface area contributed by atoms with Crippen molar-refractivity contribution < 1.29 is 14.4 Å². The van der Waals surface area contributed by atoms with Gasteiger partial charge in [0.15, 0.2) is 11.6 Å². The van der Waals surface area contributed by atoms with E-state index in [9.17, 15) is 14.4 Å². The fourth-order valence-electron chi connectivity index (χ4n) is 2.37. The van der Waals surface area contributed by atoms with Gasteiger partial charge < -0.3 is 0 Å². The van der Waals surface area contributed by atoms with Gasteiger partial charge in [0.05, 0.1) is 6.42 Å². The first kappa shape index (κ1) is 16.8. The molecule has 0 radical (unpaired) electrons. The van der Waals surface area contributed by atoms with Crippen LogP contribution in [0, 0.1) is 0 Å². The summed E-state index contributed by atoms with van der Waals surface area (Å²) in [6, 6.07) is 18.0. The zero-order valence-electron chi connectivity index (χ0n) is 13.0. The van der Waals surface area contributed by atoms with Gasteiger partial charge in [-0.2, -0.15) is 0 Å². The van der Waals surface area contributed by atoms with Crippen LogP contribution in [-0.4, -0.2) is 17.3 Å². The van der Waals surface area contributed by atoms with Crippen molar-refractivity contribution >= 4 is 17.3 Å². The van der Waals surface area contributed by atoms with Crippen LogP contribution in [0.25, 0.3) is 0 Å². The van der Waals surface area contributed by atoms with Crippen molar-refractivity contribution in [3.05, 3.63) is 71.8 Å². The van der Waals surface area contributed by atoms with E-state index in [0.29, 0.717) is 36.8 Å². The minimum Gasteiger partial charge on any atom is -0.299 e. The quantitative estimate of drug-likeness (QED) is 0.395. The molecule has 2 aromatic carbocycles.